The molecule has 0 amide bonds. The highest BCUT2D eigenvalue weighted by atomic mass is 35.5. The second-order valence-corrected chi connectivity index (χ2v) is 5.01. The summed E-state index contributed by atoms with van der Waals surface area (Å²) < 4.78 is 76.4. The second-order valence-electron chi connectivity index (χ2n) is 5.01. The van der Waals surface area contributed by atoms with Crippen LogP contribution in [0, 0.1) is 5.92 Å². The summed E-state index contributed by atoms with van der Waals surface area (Å²) in [6.07, 6.45) is -7.35. The van der Waals surface area contributed by atoms with E-state index in [-0.39, 0.29) is 30.0 Å². The van der Waals surface area contributed by atoms with E-state index in [0.717, 1.165) is 12.5 Å². The van der Waals surface area contributed by atoms with E-state index < -0.39 is 29.5 Å². The molecule has 1 saturated carbocycles. The molecule has 0 bridgehead atoms. The van der Waals surface area contributed by atoms with Crippen LogP contribution < -0.4 is 5.73 Å². The minimum atomic E-state index is -4.85. The highest BCUT2D eigenvalue weighted by Gasteiger charge is 2.40. The topological polar surface area (TPSA) is 26.0 Å². The van der Waals surface area contributed by atoms with E-state index in [1.807, 2.05) is 0 Å². The average Bonchev–Trinajstić information content (AvgIpc) is 2.23. The maximum atomic E-state index is 12.9. The number of benzene rings is 1. The van der Waals surface area contributed by atoms with E-state index in [1.165, 1.54) is 0 Å². The van der Waals surface area contributed by atoms with Gasteiger partial charge < -0.3 is 5.73 Å². The van der Waals surface area contributed by atoms with Gasteiger partial charge in [-0.2, -0.15) is 26.3 Å². The maximum absolute atomic E-state index is 12.9. The molecular formula is C13H14ClF6N. The van der Waals surface area contributed by atoms with E-state index >= 15 is 0 Å². The van der Waals surface area contributed by atoms with Gasteiger partial charge in [0.05, 0.1) is 11.1 Å². The normalized spacial score (nSPS) is 17.9. The van der Waals surface area contributed by atoms with Crippen molar-refractivity contribution >= 4 is 12.4 Å². The summed E-state index contributed by atoms with van der Waals surface area (Å²) >= 11 is 0. The Labute approximate surface area is 123 Å². The zero-order valence-corrected chi connectivity index (χ0v) is 11.6. The molecule has 8 heteroatoms. The summed E-state index contributed by atoms with van der Waals surface area (Å²) in [5.41, 5.74) is 2.93. The molecule has 0 aromatic heterocycles. The fourth-order valence-corrected chi connectivity index (χ4v) is 2.32. The van der Waals surface area contributed by atoms with E-state index in [0.29, 0.717) is 18.9 Å². The van der Waals surface area contributed by atoms with Crippen molar-refractivity contribution in [1.82, 2.24) is 0 Å². The molecule has 0 unspecified atom stereocenters. The minimum Gasteiger partial charge on any atom is -0.324 e. The molecule has 0 radical (unpaired) electrons. The molecule has 2 rings (SSSR count). The molecule has 1 aliphatic carbocycles. The van der Waals surface area contributed by atoms with Gasteiger partial charge in [-0.15, -0.1) is 12.4 Å². The van der Waals surface area contributed by atoms with Crippen LogP contribution in [-0.4, -0.2) is 0 Å². The number of hydrogen-bond donors (Lipinski definition) is 1. The fourth-order valence-electron chi connectivity index (χ4n) is 2.32. The van der Waals surface area contributed by atoms with Crippen LogP contribution in [0.3, 0.4) is 0 Å². The second kappa shape index (κ2) is 6.04. The standard InChI is InChI=1S/C13H13F6N.ClH/c14-12(15,16)8-4-5-9(10(6-8)13(17,18)19)11(20)7-2-1-3-7;/h4-7,11H,1-3,20H2;1H/t11-;/m0./s1. The Morgan fingerprint density at radius 2 is 1.57 bits per heavy atom. The number of hydrogen-bond acceptors (Lipinski definition) is 1. The van der Waals surface area contributed by atoms with Crippen LogP contribution in [0.15, 0.2) is 18.2 Å². The monoisotopic (exact) mass is 333 g/mol. The predicted molar refractivity (Wildman–Crippen MR) is 68.0 cm³/mol. The van der Waals surface area contributed by atoms with Crippen molar-refractivity contribution in [3.05, 3.63) is 34.9 Å². The maximum Gasteiger partial charge on any atom is 0.416 e. The third-order valence-electron chi connectivity index (χ3n) is 3.70. The Bertz CT molecular complexity index is 492. The molecule has 1 aliphatic rings. The highest BCUT2D eigenvalue weighted by Crippen LogP contribution is 2.43. The van der Waals surface area contributed by atoms with Crippen molar-refractivity contribution in [1.29, 1.82) is 0 Å². The summed E-state index contributed by atoms with van der Waals surface area (Å²) in [4.78, 5) is 0. The predicted octanol–water partition coefficient (Wildman–Crippen LogP) is 4.95. The Morgan fingerprint density at radius 3 is 1.95 bits per heavy atom. The average molecular weight is 334 g/mol. The van der Waals surface area contributed by atoms with Gasteiger partial charge in [0.2, 0.25) is 0 Å². The highest BCUT2D eigenvalue weighted by molar-refractivity contribution is 5.85. The molecule has 2 N–H and O–H groups in total. The van der Waals surface area contributed by atoms with Crippen molar-refractivity contribution in [3.8, 4) is 0 Å². The number of halogens is 7. The van der Waals surface area contributed by atoms with Gasteiger partial charge in [-0.25, -0.2) is 0 Å². The molecule has 1 aromatic carbocycles. The molecule has 1 atom stereocenters. The summed E-state index contributed by atoms with van der Waals surface area (Å²) in [5, 5.41) is 0. The van der Waals surface area contributed by atoms with E-state index in [1.54, 1.807) is 0 Å². The van der Waals surface area contributed by atoms with Crippen LogP contribution in [0.25, 0.3) is 0 Å². The van der Waals surface area contributed by atoms with Gasteiger partial charge >= 0.3 is 12.4 Å². The van der Waals surface area contributed by atoms with E-state index in [4.69, 9.17) is 5.73 Å². The lowest BCUT2D eigenvalue weighted by Crippen LogP contribution is -2.29. The van der Waals surface area contributed by atoms with Crippen molar-refractivity contribution in [2.45, 2.75) is 37.7 Å². The Morgan fingerprint density at radius 1 is 1.00 bits per heavy atom. The summed E-state index contributed by atoms with van der Waals surface area (Å²) in [7, 11) is 0. The Hall–Kier alpha value is -0.950. The number of rotatable bonds is 2. The molecular weight excluding hydrogens is 320 g/mol. The molecule has 1 nitrogen and oxygen atoms in total. The van der Waals surface area contributed by atoms with Crippen molar-refractivity contribution in [2.24, 2.45) is 11.7 Å². The summed E-state index contributed by atoms with van der Waals surface area (Å²) in [6.45, 7) is 0. The van der Waals surface area contributed by atoms with Crippen LogP contribution in [0.1, 0.15) is 42.0 Å². The largest absolute Gasteiger partial charge is 0.416 e. The lowest BCUT2D eigenvalue weighted by molar-refractivity contribution is -0.143. The van der Waals surface area contributed by atoms with Crippen LogP contribution in [0.5, 0.6) is 0 Å². The number of nitrogens with two attached hydrogens (primary N) is 1. The van der Waals surface area contributed by atoms with Gasteiger partial charge in [0.15, 0.2) is 0 Å². The van der Waals surface area contributed by atoms with Gasteiger partial charge in [-0.3, -0.25) is 0 Å². The van der Waals surface area contributed by atoms with Crippen LogP contribution in [-0.2, 0) is 12.4 Å². The van der Waals surface area contributed by atoms with Gasteiger partial charge in [0, 0.05) is 6.04 Å². The first-order valence-electron chi connectivity index (χ1n) is 6.14. The lowest BCUT2D eigenvalue weighted by Gasteiger charge is -2.33. The third kappa shape index (κ3) is 3.83. The molecule has 0 aliphatic heterocycles. The first-order valence-corrected chi connectivity index (χ1v) is 6.14. The van der Waals surface area contributed by atoms with Gasteiger partial charge in [0.25, 0.3) is 0 Å². The van der Waals surface area contributed by atoms with Crippen molar-refractivity contribution in [3.63, 3.8) is 0 Å². The van der Waals surface area contributed by atoms with Crippen LogP contribution in [0.2, 0.25) is 0 Å². The smallest absolute Gasteiger partial charge is 0.324 e. The SMILES string of the molecule is Cl.N[C@H](c1ccc(C(F)(F)F)cc1C(F)(F)F)C1CCC1. The van der Waals surface area contributed by atoms with Gasteiger partial charge in [-0.1, -0.05) is 12.5 Å². The zero-order chi connectivity index (χ0) is 15.1. The molecule has 21 heavy (non-hydrogen) atoms. The van der Waals surface area contributed by atoms with Gasteiger partial charge in [-0.05, 0) is 36.5 Å². The van der Waals surface area contributed by atoms with Gasteiger partial charge in [0.1, 0.15) is 0 Å². The molecule has 1 fully saturated rings. The van der Waals surface area contributed by atoms with Crippen molar-refractivity contribution < 1.29 is 26.3 Å². The lowest BCUT2D eigenvalue weighted by atomic mass is 9.76. The summed E-state index contributed by atoms with van der Waals surface area (Å²) in [5.74, 6) is -0.0900. The quantitative estimate of drug-likeness (QED) is 0.762. The first kappa shape index (κ1) is 18.1. The van der Waals surface area contributed by atoms with Crippen LogP contribution >= 0.6 is 12.4 Å². The van der Waals surface area contributed by atoms with E-state index in [9.17, 15) is 26.3 Å². The zero-order valence-electron chi connectivity index (χ0n) is 10.8. The molecule has 0 spiro atoms. The third-order valence-corrected chi connectivity index (χ3v) is 3.70. The van der Waals surface area contributed by atoms with Crippen LogP contribution in [0.4, 0.5) is 26.3 Å². The first-order chi connectivity index (χ1) is 9.10. The fraction of sp³-hybridized carbons (Fsp3) is 0.538. The molecule has 0 saturated heterocycles. The van der Waals surface area contributed by atoms with E-state index in [2.05, 4.69) is 0 Å². The van der Waals surface area contributed by atoms with Crippen molar-refractivity contribution in [2.75, 3.05) is 0 Å². The molecule has 120 valence electrons. The Balaban J connectivity index is 0.00000220. The Kier molecular flexibility index (Phi) is 5.21. The molecule has 0 heterocycles. The summed E-state index contributed by atoms with van der Waals surface area (Å²) in [6, 6.07) is 0.786. The molecule has 1 aromatic rings. The number of alkyl halides is 6. The minimum absolute atomic E-state index is 0.